The van der Waals surface area contributed by atoms with Crippen LogP contribution < -0.4 is 0 Å². The van der Waals surface area contributed by atoms with Crippen LogP contribution in [0, 0.1) is 17.0 Å². The van der Waals surface area contributed by atoms with Gasteiger partial charge in [0.2, 0.25) is 5.91 Å². The van der Waals surface area contributed by atoms with Crippen LogP contribution in [0.25, 0.3) is 0 Å². The second kappa shape index (κ2) is 7.18. The third-order valence-corrected chi connectivity index (χ3v) is 4.90. The zero-order valence-corrected chi connectivity index (χ0v) is 12.9. The number of piperidine rings is 1. The zero-order chi connectivity index (χ0) is 16.2. The predicted octanol–water partition coefficient (Wildman–Crippen LogP) is 2.91. The molecule has 1 aromatic rings. The van der Waals surface area contributed by atoms with E-state index in [-0.39, 0.29) is 36.3 Å². The van der Waals surface area contributed by atoms with E-state index in [4.69, 9.17) is 0 Å². The van der Waals surface area contributed by atoms with Gasteiger partial charge in [-0.05, 0) is 42.7 Å². The first-order valence-corrected chi connectivity index (χ1v) is 7.83. The minimum atomic E-state index is -0.876. The summed E-state index contributed by atoms with van der Waals surface area (Å²) in [5.41, 5.74) is 0.175. The second-order valence-corrected chi connectivity index (χ2v) is 6.11. The highest BCUT2D eigenvalue weighted by Gasteiger charge is 2.33. The average Bonchev–Trinajstić information content (AvgIpc) is 2.56. The van der Waals surface area contributed by atoms with Crippen LogP contribution in [0.3, 0.4) is 0 Å². The summed E-state index contributed by atoms with van der Waals surface area (Å²) in [6, 6.07) is 4.04. The summed E-state index contributed by atoms with van der Waals surface area (Å²) in [5.74, 6) is -1.77. The van der Waals surface area contributed by atoms with Crippen LogP contribution in [-0.4, -0.2) is 35.6 Å². The topological polar surface area (TPSA) is 40.5 Å². The molecule has 1 heterocycles. The molecule has 122 valence electrons. The van der Waals surface area contributed by atoms with Crippen molar-refractivity contribution < 1.29 is 18.7 Å². The zero-order valence-electron chi connectivity index (χ0n) is 12.9. The van der Waals surface area contributed by atoms with Gasteiger partial charge in [0.05, 0.1) is 0 Å². The van der Waals surface area contributed by atoms with Gasteiger partial charge in [-0.1, -0.05) is 19.1 Å². The molecule has 1 aliphatic heterocycles. The molecule has 0 spiro atoms. The Kier molecular flexibility index (Phi) is 5.51. The van der Waals surface area contributed by atoms with Crippen LogP contribution in [0.4, 0.5) is 8.78 Å². The molecular weight excluding hydrogens is 288 g/mol. The molecule has 2 rings (SSSR count). The lowest BCUT2D eigenvalue weighted by atomic mass is 9.77. The van der Waals surface area contributed by atoms with E-state index in [2.05, 4.69) is 6.92 Å². The summed E-state index contributed by atoms with van der Waals surface area (Å²) in [5, 5.41) is 9.49. The summed E-state index contributed by atoms with van der Waals surface area (Å²) in [6.45, 7) is 3.46. The lowest BCUT2D eigenvalue weighted by Crippen LogP contribution is -2.44. The fraction of sp³-hybridized carbons (Fsp3) is 0.588. The lowest BCUT2D eigenvalue weighted by molar-refractivity contribution is -0.134. The smallest absolute Gasteiger partial charge is 0.222 e. The van der Waals surface area contributed by atoms with Crippen LogP contribution in [-0.2, 0) is 11.2 Å². The number of nitrogens with zero attached hydrogens (tertiary/aromatic N) is 1. The van der Waals surface area contributed by atoms with Crippen molar-refractivity contribution in [2.45, 2.75) is 39.0 Å². The molecule has 1 saturated heterocycles. The van der Waals surface area contributed by atoms with E-state index in [1.807, 2.05) is 0 Å². The molecule has 1 N–H and O–H groups in total. The summed E-state index contributed by atoms with van der Waals surface area (Å²) in [7, 11) is 0. The number of benzene rings is 1. The minimum Gasteiger partial charge on any atom is -0.396 e. The van der Waals surface area contributed by atoms with Crippen molar-refractivity contribution in [1.82, 2.24) is 4.90 Å². The number of hydrogen-bond acceptors (Lipinski definition) is 2. The van der Waals surface area contributed by atoms with E-state index in [0.29, 0.717) is 13.1 Å². The molecule has 0 bridgehead atoms. The number of carbonyl (C=O) groups is 1. The van der Waals surface area contributed by atoms with Crippen molar-refractivity contribution in [2.75, 3.05) is 19.7 Å². The first kappa shape index (κ1) is 16.9. The van der Waals surface area contributed by atoms with Gasteiger partial charge in [0.15, 0.2) is 11.6 Å². The van der Waals surface area contributed by atoms with Gasteiger partial charge in [0.25, 0.3) is 0 Å². The molecule has 0 saturated carbocycles. The Balaban J connectivity index is 1.87. The molecule has 0 atom stereocenters. The number of amides is 1. The van der Waals surface area contributed by atoms with Crippen molar-refractivity contribution in [2.24, 2.45) is 5.41 Å². The van der Waals surface area contributed by atoms with Crippen LogP contribution >= 0.6 is 0 Å². The van der Waals surface area contributed by atoms with Gasteiger partial charge in [-0.15, -0.1) is 0 Å². The molecule has 1 amide bonds. The Hall–Kier alpha value is -1.49. The van der Waals surface area contributed by atoms with Gasteiger partial charge in [-0.2, -0.15) is 0 Å². The number of halogens is 2. The van der Waals surface area contributed by atoms with Crippen molar-refractivity contribution in [3.8, 4) is 0 Å². The molecule has 1 aromatic carbocycles. The first-order chi connectivity index (χ1) is 10.5. The number of rotatable bonds is 5. The van der Waals surface area contributed by atoms with Crippen LogP contribution in [0.2, 0.25) is 0 Å². The number of aryl methyl sites for hydroxylation is 1. The molecule has 1 fully saturated rings. The summed E-state index contributed by atoms with van der Waals surface area (Å²) >= 11 is 0. The maximum absolute atomic E-state index is 13.6. The lowest BCUT2D eigenvalue weighted by Gasteiger charge is -2.40. The maximum atomic E-state index is 13.6. The number of carbonyl (C=O) groups excluding carboxylic acids is 1. The van der Waals surface area contributed by atoms with E-state index >= 15 is 0 Å². The molecule has 3 nitrogen and oxygen atoms in total. The highest BCUT2D eigenvalue weighted by atomic mass is 19.2. The quantitative estimate of drug-likeness (QED) is 0.908. The van der Waals surface area contributed by atoms with Crippen LogP contribution in [0.1, 0.15) is 38.2 Å². The third kappa shape index (κ3) is 3.64. The summed E-state index contributed by atoms with van der Waals surface area (Å²) in [6.07, 6.45) is 2.87. The largest absolute Gasteiger partial charge is 0.396 e. The van der Waals surface area contributed by atoms with Crippen molar-refractivity contribution >= 4 is 5.91 Å². The number of aliphatic hydroxyl groups is 1. The van der Waals surface area contributed by atoms with E-state index < -0.39 is 11.6 Å². The highest BCUT2D eigenvalue weighted by molar-refractivity contribution is 5.76. The normalized spacial score (nSPS) is 17.5. The maximum Gasteiger partial charge on any atom is 0.222 e. The molecule has 1 aliphatic rings. The molecule has 0 unspecified atom stereocenters. The van der Waals surface area contributed by atoms with Crippen LogP contribution in [0.5, 0.6) is 0 Å². The Labute approximate surface area is 129 Å². The molecule has 5 heteroatoms. The fourth-order valence-electron chi connectivity index (χ4n) is 3.00. The average molecular weight is 311 g/mol. The van der Waals surface area contributed by atoms with Gasteiger partial charge in [0, 0.05) is 26.1 Å². The molecular formula is C17H23F2NO2. The van der Waals surface area contributed by atoms with Gasteiger partial charge in [-0.3, -0.25) is 4.79 Å². The van der Waals surface area contributed by atoms with Crippen molar-refractivity contribution in [1.29, 1.82) is 0 Å². The number of hydrogen-bond donors (Lipinski definition) is 1. The van der Waals surface area contributed by atoms with Gasteiger partial charge < -0.3 is 10.0 Å². The molecule has 0 aromatic heterocycles. The minimum absolute atomic E-state index is 0.0358. The standard InChI is InChI=1S/C17H23F2NO2/c1-2-17(12-21)8-10-20(11-9-17)15(22)7-6-13-4-3-5-14(18)16(13)19/h3-5,21H,2,6-12H2,1H3. The summed E-state index contributed by atoms with van der Waals surface area (Å²) in [4.78, 5) is 14.0. The van der Waals surface area contributed by atoms with Crippen molar-refractivity contribution in [3.05, 3.63) is 35.4 Å². The monoisotopic (exact) mass is 311 g/mol. The van der Waals surface area contributed by atoms with Crippen molar-refractivity contribution in [3.63, 3.8) is 0 Å². The van der Waals surface area contributed by atoms with Gasteiger partial charge in [0.1, 0.15) is 0 Å². The molecule has 0 radical (unpaired) electrons. The highest BCUT2D eigenvalue weighted by Crippen LogP contribution is 2.34. The predicted molar refractivity (Wildman–Crippen MR) is 80.3 cm³/mol. The Morgan fingerprint density at radius 2 is 2.00 bits per heavy atom. The van der Waals surface area contributed by atoms with Gasteiger partial charge >= 0.3 is 0 Å². The fourth-order valence-corrected chi connectivity index (χ4v) is 3.00. The Morgan fingerprint density at radius 3 is 2.59 bits per heavy atom. The first-order valence-electron chi connectivity index (χ1n) is 7.83. The summed E-state index contributed by atoms with van der Waals surface area (Å²) < 4.78 is 26.7. The van der Waals surface area contributed by atoms with E-state index in [1.165, 1.54) is 12.1 Å². The number of likely N-dealkylation sites (tertiary alicyclic amines) is 1. The SMILES string of the molecule is CCC1(CO)CCN(C(=O)CCc2cccc(F)c2F)CC1. The third-order valence-electron chi connectivity index (χ3n) is 4.90. The Bertz CT molecular complexity index is 519. The molecule has 22 heavy (non-hydrogen) atoms. The Morgan fingerprint density at radius 1 is 1.32 bits per heavy atom. The number of aliphatic hydroxyl groups excluding tert-OH is 1. The van der Waals surface area contributed by atoms with E-state index in [0.717, 1.165) is 25.3 Å². The van der Waals surface area contributed by atoms with E-state index in [1.54, 1.807) is 4.90 Å². The van der Waals surface area contributed by atoms with Crippen LogP contribution in [0.15, 0.2) is 18.2 Å². The van der Waals surface area contributed by atoms with E-state index in [9.17, 15) is 18.7 Å². The second-order valence-electron chi connectivity index (χ2n) is 6.11. The molecule has 0 aliphatic carbocycles. The van der Waals surface area contributed by atoms with Gasteiger partial charge in [-0.25, -0.2) is 8.78 Å².